The van der Waals surface area contributed by atoms with Crippen LogP contribution in [0.3, 0.4) is 0 Å². The van der Waals surface area contributed by atoms with Crippen LogP contribution < -0.4 is 19.3 Å². The molecule has 2 aromatic heterocycles. The molecule has 0 saturated carbocycles. The van der Waals surface area contributed by atoms with Crippen molar-refractivity contribution in [3.8, 4) is 11.5 Å². The molecule has 4 aromatic rings. The molecule has 0 bridgehead atoms. The van der Waals surface area contributed by atoms with Gasteiger partial charge in [0.05, 0.1) is 27.0 Å². The maximum atomic E-state index is 5.62. The molecular weight excluding hydrogens is 392 g/mol. The van der Waals surface area contributed by atoms with Crippen LogP contribution in [-0.2, 0) is 0 Å². The topological polar surface area (TPSA) is 73.0 Å². The number of anilines is 2. The molecule has 8 nitrogen and oxygen atoms in total. The summed E-state index contributed by atoms with van der Waals surface area (Å²) in [5.41, 5.74) is 3.58. The first-order valence-electron chi connectivity index (χ1n) is 10.1. The van der Waals surface area contributed by atoms with Crippen LogP contribution in [-0.4, -0.2) is 41.5 Å². The first kappa shape index (κ1) is 19.1. The molecule has 8 heteroatoms. The Morgan fingerprint density at radius 2 is 2.00 bits per heavy atom. The summed E-state index contributed by atoms with van der Waals surface area (Å²) in [6.07, 6.45) is 7.56. The van der Waals surface area contributed by atoms with Gasteiger partial charge in [0.25, 0.3) is 5.82 Å². The van der Waals surface area contributed by atoms with E-state index in [2.05, 4.69) is 28.4 Å². The summed E-state index contributed by atoms with van der Waals surface area (Å²) in [7, 11) is 3.70. The number of para-hydroxylation sites is 2. The first-order chi connectivity index (χ1) is 15.1. The molecule has 0 aliphatic carbocycles. The van der Waals surface area contributed by atoms with E-state index in [9.17, 15) is 0 Å². The number of quaternary nitrogens is 1. The minimum atomic E-state index is 0.367. The van der Waals surface area contributed by atoms with Crippen molar-refractivity contribution in [2.75, 3.05) is 26.1 Å². The predicted molar refractivity (Wildman–Crippen MR) is 122 cm³/mol. The Balaban J connectivity index is 1.58. The zero-order valence-electron chi connectivity index (χ0n) is 17.6. The van der Waals surface area contributed by atoms with Gasteiger partial charge in [-0.1, -0.05) is 12.1 Å². The molecule has 0 radical (unpaired) electrons. The Labute approximate surface area is 180 Å². The average Bonchev–Trinajstić information content (AvgIpc) is 3.41. The van der Waals surface area contributed by atoms with Crippen molar-refractivity contribution in [2.24, 2.45) is 4.99 Å². The monoisotopic (exact) mass is 415 g/mol. The van der Waals surface area contributed by atoms with E-state index in [1.807, 2.05) is 66.5 Å². The second-order valence-corrected chi connectivity index (χ2v) is 7.34. The van der Waals surface area contributed by atoms with Gasteiger partial charge in [0.1, 0.15) is 5.69 Å². The standard InChI is InChI=1S/C23H23N6O2/c1-4-31-19-10-9-16(13-20(19)30-3)26-22-23-24-11-12-28(23)14-21(27-22)29(2)15-25-17-7-5-6-8-18(17)29/h5-15H,4H2,1-3H3,(H,26,27)/q+1. The number of hydrogen-bond acceptors (Lipinski definition) is 6. The number of benzene rings is 2. The highest BCUT2D eigenvalue weighted by atomic mass is 16.5. The van der Waals surface area contributed by atoms with E-state index >= 15 is 0 Å². The summed E-state index contributed by atoms with van der Waals surface area (Å²) in [6, 6.07) is 13.8. The van der Waals surface area contributed by atoms with Crippen LogP contribution in [0, 0.1) is 0 Å². The Bertz CT molecular complexity index is 1300. The Kier molecular flexibility index (Phi) is 4.56. The molecule has 1 atom stereocenters. The SMILES string of the molecule is CCOc1ccc(Nc2nc([N+]3(C)C=Nc4ccccc43)cn3ccnc23)cc1OC. The molecule has 1 unspecified atom stereocenters. The summed E-state index contributed by atoms with van der Waals surface area (Å²) in [6.45, 7) is 2.51. The molecule has 0 fully saturated rings. The Morgan fingerprint density at radius 3 is 2.84 bits per heavy atom. The molecule has 1 aliphatic heterocycles. The van der Waals surface area contributed by atoms with Crippen LogP contribution in [0.4, 0.5) is 28.7 Å². The lowest BCUT2D eigenvalue weighted by Gasteiger charge is -2.24. The zero-order chi connectivity index (χ0) is 21.4. The fourth-order valence-electron chi connectivity index (χ4n) is 3.77. The van der Waals surface area contributed by atoms with E-state index in [1.54, 1.807) is 13.3 Å². The maximum Gasteiger partial charge on any atom is 0.257 e. The van der Waals surface area contributed by atoms with Gasteiger partial charge < -0.3 is 14.8 Å². The van der Waals surface area contributed by atoms with E-state index in [0.29, 0.717) is 28.4 Å². The quantitative estimate of drug-likeness (QED) is 0.457. The van der Waals surface area contributed by atoms with Crippen molar-refractivity contribution < 1.29 is 9.47 Å². The van der Waals surface area contributed by atoms with Crippen molar-refractivity contribution in [3.63, 3.8) is 0 Å². The average molecular weight is 415 g/mol. The molecule has 0 spiro atoms. The second kappa shape index (κ2) is 7.41. The third-order valence-corrected chi connectivity index (χ3v) is 5.37. The summed E-state index contributed by atoms with van der Waals surface area (Å²) >= 11 is 0. The molecule has 156 valence electrons. The number of ether oxygens (including phenoxy) is 2. The minimum absolute atomic E-state index is 0.367. The van der Waals surface area contributed by atoms with Crippen LogP contribution in [0.25, 0.3) is 5.65 Å². The van der Waals surface area contributed by atoms with Gasteiger partial charge in [-0.3, -0.25) is 4.40 Å². The van der Waals surface area contributed by atoms with E-state index in [-0.39, 0.29) is 0 Å². The van der Waals surface area contributed by atoms with Gasteiger partial charge in [0.15, 0.2) is 28.7 Å². The van der Waals surface area contributed by atoms with Gasteiger partial charge in [-0.25, -0.2) is 4.98 Å². The molecular formula is C23H23N6O2+. The zero-order valence-corrected chi connectivity index (χ0v) is 17.6. The van der Waals surface area contributed by atoms with Crippen molar-refractivity contribution in [2.45, 2.75) is 6.92 Å². The van der Waals surface area contributed by atoms with Crippen LogP contribution in [0.2, 0.25) is 0 Å². The molecule has 0 saturated heterocycles. The number of methoxy groups -OCH3 is 1. The largest absolute Gasteiger partial charge is 0.493 e. The highest BCUT2D eigenvalue weighted by Gasteiger charge is 2.36. The van der Waals surface area contributed by atoms with Crippen LogP contribution >= 0.6 is 0 Å². The third-order valence-electron chi connectivity index (χ3n) is 5.37. The van der Waals surface area contributed by atoms with Gasteiger partial charge in [0, 0.05) is 30.2 Å². The van der Waals surface area contributed by atoms with Crippen molar-refractivity contribution in [1.29, 1.82) is 0 Å². The van der Waals surface area contributed by atoms with E-state index in [0.717, 1.165) is 28.5 Å². The van der Waals surface area contributed by atoms with Gasteiger partial charge in [-0.15, -0.1) is 0 Å². The van der Waals surface area contributed by atoms with Gasteiger partial charge in [-0.2, -0.15) is 14.5 Å². The predicted octanol–water partition coefficient (Wildman–Crippen LogP) is 4.82. The van der Waals surface area contributed by atoms with Gasteiger partial charge in [0.2, 0.25) is 6.34 Å². The number of aromatic nitrogens is 3. The smallest absolute Gasteiger partial charge is 0.257 e. The van der Waals surface area contributed by atoms with Crippen LogP contribution in [0.5, 0.6) is 11.5 Å². The second-order valence-electron chi connectivity index (χ2n) is 7.34. The first-order valence-corrected chi connectivity index (χ1v) is 10.1. The van der Waals surface area contributed by atoms with Crippen molar-refractivity contribution in [3.05, 3.63) is 61.1 Å². The van der Waals surface area contributed by atoms with E-state index in [4.69, 9.17) is 14.5 Å². The lowest BCUT2D eigenvalue weighted by atomic mass is 10.2. The lowest BCUT2D eigenvalue weighted by molar-refractivity contribution is 0.311. The number of nitrogens with one attached hydrogen (secondary N) is 1. The van der Waals surface area contributed by atoms with Crippen molar-refractivity contribution in [1.82, 2.24) is 18.9 Å². The summed E-state index contributed by atoms with van der Waals surface area (Å²) < 4.78 is 13.4. The molecule has 3 heterocycles. The number of nitrogens with zero attached hydrogens (tertiary/aromatic N) is 5. The number of fused-ring (bicyclic) bond motifs is 2. The molecule has 2 aromatic carbocycles. The molecule has 1 aliphatic rings. The highest BCUT2D eigenvalue weighted by Crippen LogP contribution is 2.42. The normalized spacial score (nSPS) is 17.0. The summed E-state index contributed by atoms with van der Waals surface area (Å²) in [5.74, 6) is 2.82. The number of imidazole rings is 1. The van der Waals surface area contributed by atoms with Crippen LogP contribution in [0.15, 0.2) is 66.0 Å². The van der Waals surface area contributed by atoms with E-state index < -0.39 is 0 Å². The van der Waals surface area contributed by atoms with Crippen LogP contribution in [0.1, 0.15) is 6.92 Å². The third kappa shape index (κ3) is 3.17. The summed E-state index contributed by atoms with van der Waals surface area (Å²) in [4.78, 5) is 14.0. The lowest BCUT2D eigenvalue weighted by Crippen LogP contribution is -2.37. The van der Waals surface area contributed by atoms with E-state index in [1.165, 1.54) is 0 Å². The summed E-state index contributed by atoms with van der Waals surface area (Å²) in [5, 5.41) is 3.40. The Morgan fingerprint density at radius 1 is 1.13 bits per heavy atom. The van der Waals surface area contributed by atoms with Gasteiger partial charge >= 0.3 is 0 Å². The maximum absolute atomic E-state index is 5.62. The number of hydrogen-bond donors (Lipinski definition) is 1. The number of aliphatic imine (C=N–C) groups is 1. The highest BCUT2D eigenvalue weighted by molar-refractivity contribution is 5.93. The molecule has 5 rings (SSSR count). The fraction of sp³-hybridized carbons (Fsp3) is 0.174. The van der Waals surface area contributed by atoms with Gasteiger partial charge in [-0.05, 0) is 25.1 Å². The molecule has 1 N–H and O–H groups in total. The Hall–Kier alpha value is -3.91. The number of rotatable bonds is 6. The molecule has 0 amide bonds. The minimum Gasteiger partial charge on any atom is -0.493 e. The van der Waals surface area contributed by atoms with Crippen molar-refractivity contribution >= 4 is 40.7 Å². The fourth-order valence-corrected chi connectivity index (χ4v) is 3.77. The molecule has 31 heavy (non-hydrogen) atoms.